The van der Waals surface area contributed by atoms with Crippen molar-refractivity contribution in [3.63, 3.8) is 0 Å². The third-order valence-corrected chi connectivity index (χ3v) is 5.62. The van der Waals surface area contributed by atoms with E-state index in [1.165, 1.54) is 0 Å². The predicted octanol–water partition coefficient (Wildman–Crippen LogP) is 1.89. The van der Waals surface area contributed by atoms with Crippen molar-refractivity contribution in [2.75, 3.05) is 19.8 Å². The van der Waals surface area contributed by atoms with E-state index in [1.54, 1.807) is 0 Å². The average molecular weight is 296 g/mol. The van der Waals surface area contributed by atoms with Crippen molar-refractivity contribution in [2.24, 2.45) is 17.8 Å². The Balaban J connectivity index is 1.41. The molecule has 2 aliphatic carbocycles. The molecule has 5 atom stereocenters. The Hall–Kier alpha value is -0.490. The Morgan fingerprint density at radius 2 is 1.95 bits per heavy atom. The van der Waals surface area contributed by atoms with Crippen molar-refractivity contribution < 1.29 is 23.7 Å². The van der Waals surface area contributed by atoms with E-state index in [9.17, 15) is 4.79 Å². The van der Waals surface area contributed by atoms with Crippen molar-refractivity contribution in [1.29, 1.82) is 0 Å². The molecule has 2 heterocycles. The summed E-state index contributed by atoms with van der Waals surface area (Å²) in [5.41, 5.74) is 0. The SMILES string of the molecule is O=C[C@@H]1[C@H]2CC3(C[C@H]2C[C@H]1OC1CCCCO1)OCCO3. The highest BCUT2D eigenvalue weighted by atomic mass is 16.7. The van der Waals surface area contributed by atoms with Gasteiger partial charge in [-0.1, -0.05) is 0 Å². The molecular formula is C16H24O5. The molecule has 0 aromatic carbocycles. The van der Waals surface area contributed by atoms with Crippen LogP contribution in [0.1, 0.15) is 38.5 Å². The fourth-order valence-electron chi connectivity index (χ4n) is 4.68. The zero-order chi connectivity index (χ0) is 14.3. The first kappa shape index (κ1) is 14.1. The van der Waals surface area contributed by atoms with Crippen LogP contribution in [0.25, 0.3) is 0 Å². The summed E-state index contributed by atoms with van der Waals surface area (Å²) in [5, 5.41) is 0. The molecule has 118 valence electrons. The number of hydrogen-bond acceptors (Lipinski definition) is 5. The van der Waals surface area contributed by atoms with Gasteiger partial charge in [-0.25, -0.2) is 0 Å². The largest absolute Gasteiger partial charge is 0.353 e. The van der Waals surface area contributed by atoms with Gasteiger partial charge in [0.2, 0.25) is 0 Å². The molecule has 21 heavy (non-hydrogen) atoms. The molecule has 0 bridgehead atoms. The van der Waals surface area contributed by atoms with Crippen LogP contribution in [0.4, 0.5) is 0 Å². The smallest absolute Gasteiger partial charge is 0.169 e. The predicted molar refractivity (Wildman–Crippen MR) is 73.5 cm³/mol. The molecule has 4 rings (SSSR count). The summed E-state index contributed by atoms with van der Waals surface area (Å²) in [5.74, 6) is 0.386. The summed E-state index contributed by atoms with van der Waals surface area (Å²) in [6, 6.07) is 0. The van der Waals surface area contributed by atoms with Crippen molar-refractivity contribution >= 4 is 6.29 Å². The Morgan fingerprint density at radius 3 is 2.67 bits per heavy atom. The first-order chi connectivity index (χ1) is 10.3. The lowest BCUT2D eigenvalue weighted by Gasteiger charge is -2.30. The van der Waals surface area contributed by atoms with Crippen molar-refractivity contribution in [3.05, 3.63) is 0 Å². The van der Waals surface area contributed by atoms with Crippen LogP contribution in [-0.2, 0) is 23.7 Å². The average Bonchev–Trinajstić information content (AvgIpc) is 3.16. The van der Waals surface area contributed by atoms with Crippen LogP contribution in [0, 0.1) is 17.8 Å². The van der Waals surface area contributed by atoms with Gasteiger partial charge in [-0.2, -0.15) is 0 Å². The third kappa shape index (κ3) is 2.54. The second-order valence-electron chi connectivity index (χ2n) is 6.86. The lowest BCUT2D eigenvalue weighted by molar-refractivity contribution is -0.199. The number of hydrogen-bond donors (Lipinski definition) is 0. The number of carbonyl (C=O) groups excluding carboxylic acids is 1. The van der Waals surface area contributed by atoms with Gasteiger partial charge < -0.3 is 23.7 Å². The van der Waals surface area contributed by atoms with Crippen molar-refractivity contribution in [2.45, 2.75) is 56.7 Å². The summed E-state index contributed by atoms with van der Waals surface area (Å²) in [6.07, 6.45) is 6.89. The van der Waals surface area contributed by atoms with Crippen LogP contribution in [0.5, 0.6) is 0 Å². The van der Waals surface area contributed by atoms with E-state index in [1.807, 2.05) is 0 Å². The van der Waals surface area contributed by atoms with E-state index in [4.69, 9.17) is 18.9 Å². The number of carbonyl (C=O) groups is 1. The number of ether oxygens (including phenoxy) is 4. The second-order valence-corrected chi connectivity index (χ2v) is 6.86. The molecule has 0 aromatic rings. The molecule has 0 radical (unpaired) electrons. The van der Waals surface area contributed by atoms with Gasteiger partial charge in [-0.05, 0) is 37.5 Å². The first-order valence-corrected chi connectivity index (χ1v) is 8.30. The van der Waals surface area contributed by atoms with E-state index >= 15 is 0 Å². The molecule has 4 fully saturated rings. The highest BCUT2D eigenvalue weighted by Crippen LogP contribution is 2.54. The number of rotatable bonds is 3. The minimum Gasteiger partial charge on any atom is -0.353 e. The highest BCUT2D eigenvalue weighted by Gasteiger charge is 2.57. The van der Waals surface area contributed by atoms with Gasteiger partial charge in [-0.15, -0.1) is 0 Å². The van der Waals surface area contributed by atoms with Crippen LogP contribution in [0.15, 0.2) is 0 Å². The first-order valence-electron chi connectivity index (χ1n) is 8.30. The summed E-state index contributed by atoms with van der Waals surface area (Å²) in [6.45, 7) is 2.14. The fourth-order valence-corrected chi connectivity index (χ4v) is 4.68. The lowest BCUT2D eigenvalue weighted by atomic mass is 9.92. The monoisotopic (exact) mass is 296 g/mol. The number of fused-ring (bicyclic) bond motifs is 1. The molecule has 2 saturated heterocycles. The van der Waals surface area contributed by atoms with E-state index in [2.05, 4.69) is 0 Å². The van der Waals surface area contributed by atoms with Gasteiger partial charge >= 0.3 is 0 Å². The van der Waals surface area contributed by atoms with Crippen molar-refractivity contribution in [3.8, 4) is 0 Å². The zero-order valence-corrected chi connectivity index (χ0v) is 12.4. The number of aldehydes is 1. The third-order valence-electron chi connectivity index (χ3n) is 5.62. The molecule has 0 N–H and O–H groups in total. The summed E-state index contributed by atoms with van der Waals surface area (Å²) >= 11 is 0. The van der Waals surface area contributed by atoms with Crippen LogP contribution < -0.4 is 0 Å². The summed E-state index contributed by atoms with van der Waals surface area (Å²) in [4.78, 5) is 11.6. The molecule has 1 unspecified atom stereocenters. The quantitative estimate of drug-likeness (QED) is 0.744. The summed E-state index contributed by atoms with van der Waals surface area (Å²) in [7, 11) is 0. The van der Waals surface area contributed by atoms with Gasteiger partial charge in [0, 0.05) is 25.4 Å². The fraction of sp³-hybridized carbons (Fsp3) is 0.938. The lowest BCUT2D eigenvalue weighted by Crippen LogP contribution is -2.34. The van der Waals surface area contributed by atoms with E-state index < -0.39 is 5.79 Å². The molecule has 2 saturated carbocycles. The molecule has 4 aliphatic rings. The Morgan fingerprint density at radius 1 is 1.10 bits per heavy atom. The maximum Gasteiger partial charge on any atom is 0.169 e. The van der Waals surface area contributed by atoms with Gasteiger partial charge in [0.25, 0.3) is 0 Å². The van der Waals surface area contributed by atoms with Gasteiger partial charge in [-0.3, -0.25) is 0 Å². The van der Waals surface area contributed by atoms with Crippen LogP contribution in [0.3, 0.4) is 0 Å². The minimum atomic E-state index is -0.400. The Bertz CT molecular complexity index is 386. The van der Waals surface area contributed by atoms with Crippen LogP contribution >= 0.6 is 0 Å². The molecule has 2 aliphatic heterocycles. The maximum atomic E-state index is 11.6. The van der Waals surface area contributed by atoms with Crippen LogP contribution in [-0.4, -0.2) is 44.3 Å². The van der Waals surface area contributed by atoms with E-state index in [0.29, 0.717) is 25.0 Å². The van der Waals surface area contributed by atoms with Gasteiger partial charge in [0.05, 0.1) is 19.3 Å². The Labute approximate surface area is 125 Å². The van der Waals surface area contributed by atoms with E-state index in [-0.39, 0.29) is 18.3 Å². The second kappa shape index (κ2) is 5.61. The highest BCUT2D eigenvalue weighted by molar-refractivity contribution is 5.56. The zero-order valence-electron chi connectivity index (χ0n) is 12.4. The maximum absolute atomic E-state index is 11.6. The standard InChI is InChI=1S/C16H24O5/c17-10-13-12-9-16(19-5-6-20-16)8-11(12)7-14(13)21-15-3-1-2-4-18-15/h10-15H,1-9H2/t11-,12+,13-,14-,15?/m1/s1. The van der Waals surface area contributed by atoms with E-state index in [0.717, 1.165) is 51.4 Å². The molecule has 5 heteroatoms. The van der Waals surface area contributed by atoms with Crippen molar-refractivity contribution in [1.82, 2.24) is 0 Å². The van der Waals surface area contributed by atoms with Gasteiger partial charge in [0.1, 0.15) is 6.29 Å². The minimum absolute atomic E-state index is 0.0133. The summed E-state index contributed by atoms with van der Waals surface area (Å²) < 4.78 is 23.4. The Kier molecular flexibility index (Phi) is 3.78. The topological polar surface area (TPSA) is 54.0 Å². The normalized spacial score (nSPS) is 45.0. The molecule has 1 spiro atoms. The molecule has 0 amide bonds. The molecular weight excluding hydrogens is 272 g/mol. The van der Waals surface area contributed by atoms with Gasteiger partial charge in [0.15, 0.2) is 12.1 Å². The van der Waals surface area contributed by atoms with Crippen LogP contribution in [0.2, 0.25) is 0 Å². The molecule has 0 aromatic heterocycles. The molecule has 5 nitrogen and oxygen atoms in total.